The van der Waals surface area contributed by atoms with Crippen LogP contribution in [0.5, 0.6) is 0 Å². The van der Waals surface area contributed by atoms with Crippen LogP contribution in [0.25, 0.3) is 11.3 Å². The number of ketones is 1. The van der Waals surface area contributed by atoms with E-state index in [9.17, 15) is 4.79 Å². The van der Waals surface area contributed by atoms with Crippen LogP contribution >= 0.6 is 22.6 Å². The third-order valence-corrected chi connectivity index (χ3v) is 4.92. The van der Waals surface area contributed by atoms with Crippen molar-refractivity contribution in [3.05, 3.63) is 80.6 Å². The first kappa shape index (κ1) is 13.8. The Labute approximate surface area is 142 Å². The highest BCUT2D eigenvalue weighted by Crippen LogP contribution is 2.33. The summed E-state index contributed by atoms with van der Waals surface area (Å²) in [5, 5.41) is 0. The number of aromatic nitrogens is 1. The number of hydrogen-bond acceptors (Lipinski definition) is 1. The van der Waals surface area contributed by atoms with Gasteiger partial charge in [0.25, 0.3) is 0 Å². The molecule has 1 aliphatic carbocycles. The lowest BCUT2D eigenvalue weighted by molar-refractivity contribution is 0.103. The lowest BCUT2D eigenvalue weighted by Gasteiger charge is -2.15. The molecule has 3 heteroatoms. The molecule has 0 saturated heterocycles. The Balaban J connectivity index is 1.76. The Hall–Kier alpha value is -1.88. The van der Waals surface area contributed by atoms with Gasteiger partial charge in [-0.15, -0.1) is 0 Å². The Morgan fingerprint density at radius 1 is 0.955 bits per heavy atom. The van der Waals surface area contributed by atoms with Crippen LogP contribution < -0.4 is 0 Å². The monoisotopic (exact) mass is 399 g/mol. The standard InChI is InChI=1S/C19H14INO/c20-15-9-7-13(8-10-15)19(22)17-11-14-6-5-12-3-1-2-4-16(12)18(14)21-17/h1-4,7-11,21H,5-6H2. The van der Waals surface area contributed by atoms with E-state index in [2.05, 4.69) is 51.8 Å². The van der Waals surface area contributed by atoms with E-state index in [1.54, 1.807) is 0 Å². The Bertz CT molecular complexity index is 861. The molecule has 3 aromatic rings. The van der Waals surface area contributed by atoms with Crippen LogP contribution in [0.1, 0.15) is 27.2 Å². The molecule has 1 aromatic heterocycles. The third kappa shape index (κ3) is 2.29. The molecule has 0 amide bonds. The summed E-state index contributed by atoms with van der Waals surface area (Å²) < 4.78 is 1.13. The molecule has 0 unspecified atom stereocenters. The van der Waals surface area contributed by atoms with Crippen molar-refractivity contribution in [3.63, 3.8) is 0 Å². The van der Waals surface area contributed by atoms with Gasteiger partial charge >= 0.3 is 0 Å². The highest BCUT2D eigenvalue weighted by Gasteiger charge is 2.21. The van der Waals surface area contributed by atoms with Crippen LogP contribution in [0.2, 0.25) is 0 Å². The first-order chi connectivity index (χ1) is 10.7. The molecule has 0 atom stereocenters. The quantitative estimate of drug-likeness (QED) is 0.495. The maximum Gasteiger partial charge on any atom is 0.209 e. The lowest BCUT2D eigenvalue weighted by atomic mass is 9.90. The summed E-state index contributed by atoms with van der Waals surface area (Å²) in [5.74, 6) is 0.0586. The molecule has 0 radical (unpaired) electrons. The molecule has 0 aliphatic heterocycles. The van der Waals surface area contributed by atoms with Gasteiger partial charge in [0.1, 0.15) is 0 Å². The summed E-state index contributed by atoms with van der Waals surface area (Å²) in [5.41, 5.74) is 6.34. The summed E-state index contributed by atoms with van der Waals surface area (Å²) in [7, 11) is 0. The van der Waals surface area contributed by atoms with Crippen LogP contribution in [0.15, 0.2) is 54.6 Å². The predicted octanol–water partition coefficient (Wildman–Crippen LogP) is 4.62. The summed E-state index contributed by atoms with van der Waals surface area (Å²) >= 11 is 2.25. The van der Waals surface area contributed by atoms with Crippen LogP contribution in [0, 0.1) is 3.57 Å². The second-order valence-corrected chi connectivity index (χ2v) is 6.82. The molecule has 2 aromatic carbocycles. The van der Waals surface area contributed by atoms with E-state index in [1.165, 1.54) is 16.7 Å². The number of rotatable bonds is 2. The topological polar surface area (TPSA) is 32.9 Å². The van der Waals surface area contributed by atoms with E-state index < -0.39 is 0 Å². The van der Waals surface area contributed by atoms with Crippen molar-refractivity contribution in [2.45, 2.75) is 12.8 Å². The van der Waals surface area contributed by atoms with Gasteiger partial charge in [-0.2, -0.15) is 0 Å². The van der Waals surface area contributed by atoms with Gasteiger partial charge in [0.2, 0.25) is 5.78 Å². The Kier molecular flexibility index (Phi) is 3.37. The van der Waals surface area contributed by atoms with Crippen molar-refractivity contribution in [1.29, 1.82) is 0 Å². The van der Waals surface area contributed by atoms with E-state index in [1.807, 2.05) is 30.3 Å². The minimum absolute atomic E-state index is 0.0586. The zero-order valence-corrected chi connectivity index (χ0v) is 14.1. The normalized spacial score (nSPS) is 12.6. The fourth-order valence-corrected chi connectivity index (χ4v) is 3.43. The van der Waals surface area contributed by atoms with Crippen molar-refractivity contribution < 1.29 is 4.79 Å². The van der Waals surface area contributed by atoms with Crippen molar-refractivity contribution in [2.75, 3.05) is 0 Å². The number of aryl methyl sites for hydroxylation is 2. The van der Waals surface area contributed by atoms with Gasteiger partial charge in [0.15, 0.2) is 0 Å². The molecule has 1 heterocycles. The smallest absolute Gasteiger partial charge is 0.209 e. The van der Waals surface area contributed by atoms with Gasteiger partial charge in [-0.3, -0.25) is 4.79 Å². The molecule has 22 heavy (non-hydrogen) atoms. The zero-order valence-electron chi connectivity index (χ0n) is 11.9. The van der Waals surface area contributed by atoms with Crippen molar-refractivity contribution in [3.8, 4) is 11.3 Å². The molecule has 1 N–H and O–H groups in total. The van der Waals surface area contributed by atoms with Gasteiger partial charge in [0.05, 0.1) is 5.69 Å². The number of fused-ring (bicyclic) bond motifs is 3. The Morgan fingerprint density at radius 3 is 2.50 bits per heavy atom. The van der Waals surface area contributed by atoms with E-state index >= 15 is 0 Å². The summed E-state index contributed by atoms with van der Waals surface area (Å²) in [6.07, 6.45) is 2.03. The fraction of sp³-hybridized carbons (Fsp3) is 0.105. The minimum Gasteiger partial charge on any atom is -0.352 e. The number of benzene rings is 2. The summed E-state index contributed by atoms with van der Waals surface area (Å²) in [6, 6.07) is 18.1. The molecule has 108 valence electrons. The minimum atomic E-state index is 0.0586. The van der Waals surface area contributed by atoms with Gasteiger partial charge in [-0.25, -0.2) is 0 Å². The second-order valence-electron chi connectivity index (χ2n) is 5.58. The van der Waals surface area contributed by atoms with Crippen molar-refractivity contribution in [2.24, 2.45) is 0 Å². The van der Waals surface area contributed by atoms with Crippen LogP contribution in [-0.4, -0.2) is 10.8 Å². The second kappa shape index (κ2) is 5.39. The first-order valence-electron chi connectivity index (χ1n) is 7.33. The van der Waals surface area contributed by atoms with Crippen molar-refractivity contribution in [1.82, 2.24) is 4.98 Å². The fourth-order valence-electron chi connectivity index (χ4n) is 3.07. The number of halogens is 1. The molecule has 1 aliphatic rings. The van der Waals surface area contributed by atoms with Crippen molar-refractivity contribution >= 4 is 28.4 Å². The summed E-state index contributed by atoms with van der Waals surface area (Å²) in [6.45, 7) is 0. The third-order valence-electron chi connectivity index (χ3n) is 4.20. The molecular weight excluding hydrogens is 385 g/mol. The van der Waals surface area contributed by atoms with E-state index in [4.69, 9.17) is 0 Å². The molecule has 2 nitrogen and oxygen atoms in total. The number of H-pyrrole nitrogens is 1. The number of nitrogens with one attached hydrogen (secondary N) is 1. The van der Waals surface area contributed by atoms with Crippen LogP contribution in [-0.2, 0) is 12.8 Å². The number of aromatic amines is 1. The van der Waals surface area contributed by atoms with Crippen LogP contribution in [0.4, 0.5) is 0 Å². The van der Waals surface area contributed by atoms with Crippen LogP contribution in [0.3, 0.4) is 0 Å². The van der Waals surface area contributed by atoms with Gasteiger partial charge < -0.3 is 4.98 Å². The lowest BCUT2D eigenvalue weighted by Crippen LogP contribution is -2.02. The maximum atomic E-state index is 12.7. The molecule has 4 rings (SSSR count). The molecule has 0 fully saturated rings. The SMILES string of the molecule is O=C(c1ccc(I)cc1)c1cc2c([nH]1)-c1ccccc1CC2. The zero-order chi connectivity index (χ0) is 15.1. The van der Waals surface area contributed by atoms with E-state index in [-0.39, 0.29) is 5.78 Å². The average Bonchev–Trinajstić information content (AvgIpc) is 2.99. The molecular formula is C19H14INO. The number of hydrogen-bond donors (Lipinski definition) is 1. The largest absolute Gasteiger partial charge is 0.352 e. The highest BCUT2D eigenvalue weighted by atomic mass is 127. The molecule has 0 saturated carbocycles. The molecule has 0 spiro atoms. The predicted molar refractivity (Wildman–Crippen MR) is 96.2 cm³/mol. The molecule has 0 bridgehead atoms. The number of carbonyl (C=O) groups excluding carboxylic acids is 1. The highest BCUT2D eigenvalue weighted by molar-refractivity contribution is 14.1. The van der Waals surface area contributed by atoms with E-state index in [0.29, 0.717) is 5.69 Å². The summed E-state index contributed by atoms with van der Waals surface area (Å²) in [4.78, 5) is 16.0. The first-order valence-corrected chi connectivity index (χ1v) is 8.41. The van der Waals surface area contributed by atoms with E-state index in [0.717, 1.165) is 27.7 Å². The average molecular weight is 399 g/mol. The maximum absolute atomic E-state index is 12.7. The Morgan fingerprint density at radius 2 is 1.68 bits per heavy atom. The van der Waals surface area contributed by atoms with Gasteiger partial charge in [-0.1, -0.05) is 24.3 Å². The van der Waals surface area contributed by atoms with Gasteiger partial charge in [0, 0.05) is 20.4 Å². The van der Waals surface area contributed by atoms with Gasteiger partial charge in [-0.05, 0) is 76.9 Å². The number of carbonyl (C=O) groups is 1.